The minimum absolute atomic E-state index is 0.00386. The zero-order chi connectivity index (χ0) is 10.7. The third kappa shape index (κ3) is 2.91. The zero-order valence-corrected chi connectivity index (χ0v) is 9.74. The van der Waals surface area contributed by atoms with Crippen molar-refractivity contribution < 1.29 is 9.47 Å². The van der Waals surface area contributed by atoms with Crippen LogP contribution in [0.1, 0.15) is 13.8 Å². The predicted molar refractivity (Wildman–Crippen MR) is 58.8 cm³/mol. The van der Waals surface area contributed by atoms with Crippen LogP contribution in [0.25, 0.3) is 0 Å². The maximum atomic E-state index is 5.72. The summed E-state index contributed by atoms with van der Waals surface area (Å²) >= 11 is 0. The number of ether oxygens (including phenoxy) is 2. The summed E-state index contributed by atoms with van der Waals surface area (Å²) in [6.45, 7) is 10.3. The van der Waals surface area contributed by atoms with Gasteiger partial charge < -0.3 is 14.8 Å². The first-order valence-electron chi connectivity index (χ1n) is 5.95. The average molecular weight is 214 g/mol. The molecule has 0 aromatic rings. The molecule has 2 heterocycles. The third-order valence-corrected chi connectivity index (χ3v) is 3.12. The molecule has 4 heteroatoms. The lowest BCUT2D eigenvalue weighted by molar-refractivity contribution is -0.223. The molecule has 0 unspecified atom stereocenters. The molecular formula is C11H22N2O2. The van der Waals surface area contributed by atoms with Crippen LogP contribution in [0.2, 0.25) is 0 Å². The molecule has 1 N–H and O–H groups in total. The Morgan fingerprint density at radius 3 is 2.27 bits per heavy atom. The van der Waals surface area contributed by atoms with Crippen LogP contribution in [0.15, 0.2) is 0 Å². The van der Waals surface area contributed by atoms with Gasteiger partial charge in [0.05, 0.1) is 19.3 Å². The van der Waals surface area contributed by atoms with Gasteiger partial charge in [0.25, 0.3) is 0 Å². The minimum atomic E-state index is 0.00386. The Bertz CT molecular complexity index is 185. The van der Waals surface area contributed by atoms with Gasteiger partial charge in [-0.25, -0.2) is 0 Å². The van der Waals surface area contributed by atoms with Gasteiger partial charge in [-0.05, 0) is 0 Å². The molecule has 0 aromatic heterocycles. The molecule has 0 aliphatic carbocycles. The summed E-state index contributed by atoms with van der Waals surface area (Å²) in [5.74, 6) is 0.453. The molecule has 0 amide bonds. The molecule has 0 aromatic carbocycles. The van der Waals surface area contributed by atoms with Crippen molar-refractivity contribution in [2.45, 2.75) is 26.2 Å². The van der Waals surface area contributed by atoms with Gasteiger partial charge in [-0.2, -0.15) is 0 Å². The Labute approximate surface area is 91.9 Å². The highest BCUT2D eigenvalue weighted by atomic mass is 16.7. The molecule has 2 aliphatic rings. The SMILES string of the molecule is CC(C)C1OCC(N2CCNCC2)CO1. The van der Waals surface area contributed by atoms with E-state index in [9.17, 15) is 0 Å². The predicted octanol–water partition coefficient (Wildman–Crippen LogP) is 0.289. The van der Waals surface area contributed by atoms with Gasteiger partial charge in [0.2, 0.25) is 0 Å². The maximum absolute atomic E-state index is 5.72. The summed E-state index contributed by atoms with van der Waals surface area (Å²) in [5.41, 5.74) is 0. The highest BCUT2D eigenvalue weighted by Gasteiger charge is 2.28. The number of hydrogen-bond donors (Lipinski definition) is 1. The number of hydrogen-bond acceptors (Lipinski definition) is 4. The van der Waals surface area contributed by atoms with Gasteiger partial charge in [0.1, 0.15) is 0 Å². The second kappa shape index (κ2) is 5.25. The Balaban J connectivity index is 1.77. The van der Waals surface area contributed by atoms with E-state index in [0.717, 1.165) is 39.4 Å². The molecule has 2 saturated heterocycles. The van der Waals surface area contributed by atoms with Crippen LogP contribution in [-0.4, -0.2) is 56.6 Å². The van der Waals surface area contributed by atoms with E-state index in [1.165, 1.54) is 0 Å². The average Bonchev–Trinajstić information content (AvgIpc) is 2.30. The molecule has 15 heavy (non-hydrogen) atoms. The van der Waals surface area contributed by atoms with E-state index in [1.54, 1.807) is 0 Å². The molecule has 0 radical (unpaired) electrons. The maximum Gasteiger partial charge on any atom is 0.159 e. The number of piperazine rings is 1. The van der Waals surface area contributed by atoms with E-state index < -0.39 is 0 Å². The van der Waals surface area contributed by atoms with E-state index >= 15 is 0 Å². The molecule has 0 spiro atoms. The van der Waals surface area contributed by atoms with Crippen molar-refractivity contribution in [1.29, 1.82) is 0 Å². The van der Waals surface area contributed by atoms with Gasteiger partial charge in [-0.1, -0.05) is 13.8 Å². The van der Waals surface area contributed by atoms with Gasteiger partial charge in [-0.15, -0.1) is 0 Å². The van der Waals surface area contributed by atoms with Crippen molar-refractivity contribution in [3.05, 3.63) is 0 Å². The Morgan fingerprint density at radius 2 is 1.73 bits per heavy atom. The van der Waals surface area contributed by atoms with Gasteiger partial charge in [-0.3, -0.25) is 4.90 Å². The fourth-order valence-electron chi connectivity index (χ4n) is 2.15. The first-order valence-corrected chi connectivity index (χ1v) is 5.95. The van der Waals surface area contributed by atoms with E-state index in [1.807, 2.05) is 0 Å². The molecular weight excluding hydrogens is 192 g/mol. The molecule has 88 valence electrons. The van der Waals surface area contributed by atoms with Crippen molar-refractivity contribution in [3.63, 3.8) is 0 Å². The van der Waals surface area contributed by atoms with Gasteiger partial charge >= 0.3 is 0 Å². The summed E-state index contributed by atoms with van der Waals surface area (Å²) in [5, 5.41) is 3.36. The van der Waals surface area contributed by atoms with Gasteiger partial charge in [0.15, 0.2) is 6.29 Å². The smallest absolute Gasteiger partial charge is 0.159 e. The summed E-state index contributed by atoms with van der Waals surface area (Å²) in [4.78, 5) is 2.47. The third-order valence-electron chi connectivity index (χ3n) is 3.12. The molecule has 0 saturated carbocycles. The zero-order valence-electron chi connectivity index (χ0n) is 9.74. The van der Waals surface area contributed by atoms with E-state index in [-0.39, 0.29) is 6.29 Å². The van der Waals surface area contributed by atoms with Gasteiger partial charge in [0, 0.05) is 32.1 Å². The van der Waals surface area contributed by atoms with Crippen LogP contribution in [0.5, 0.6) is 0 Å². The van der Waals surface area contributed by atoms with E-state index in [2.05, 4.69) is 24.1 Å². The fraction of sp³-hybridized carbons (Fsp3) is 1.00. The van der Waals surface area contributed by atoms with E-state index in [4.69, 9.17) is 9.47 Å². The lowest BCUT2D eigenvalue weighted by atomic mass is 10.2. The van der Waals surface area contributed by atoms with Crippen LogP contribution in [0.3, 0.4) is 0 Å². The minimum Gasteiger partial charge on any atom is -0.351 e. The highest BCUT2D eigenvalue weighted by molar-refractivity contribution is 4.78. The van der Waals surface area contributed by atoms with Crippen LogP contribution >= 0.6 is 0 Å². The Hall–Kier alpha value is -0.160. The number of rotatable bonds is 2. The first-order chi connectivity index (χ1) is 7.27. The highest BCUT2D eigenvalue weighted by Crippen LogP contribution is 2.17. The first kappa shape index (κ1) is 11.3. The van der Waals surface area contributed by atoms with Crippen LogP contribution in [-0.2, 0) is 9.47 Å². The standard InChI is InChI=1S/C11H22N2O2/c1-9(2)11-14-7-10(8-15-11)13-5-3-12-4-6-13/h9-12H,3-8H2,1-2H3. The summed E-state index contributed by atoms with van der Waals surface area (Å²) < 4.78 is 11.4. The fourth-order valence-corrected chi connectivity index (χ4v) is 2.15. The molecule has 2 rings (SSSR count). The van der Waals surface area contributed by atoms with Crippen molar-refractivity contribution in [1.82, 2.24) is 10.2 Å². The molecule has 4 nitrogen and oxygen atoms in total. The number of nitrogens with one attached hydrogen (secondary N) is 1. The summed E-state index contributed by atoms with van der Waals surface area (Å²) in [6, 6.07) is 0.460. The lowest BCUT2D eigenvalue weighted by Gasteiger charge is -2.39. The Morgan fingerprint density at radius 1 is 1.13 bits per heavy atom. The second-order valence-corrected chi connectivity index (χ2v) is 4.72. The summed E-state index contributed by atoms with van der Waals surface area (Å²) in [7, 11) is 0. The lowest BCUT2D eigenvalue weighted by Crippen LogP contribution is -2.54. The summed E-state index contributed by atoms with van der Waals surface area (Å²) in [6.07, 6.45) is 0.00386. The van der Waals surface area contributed by atoms with Crippen molar-refractivity contribution >= 4 is 0 Å². The quantitative estimate of drug-likeness (QED) is 0.716. The molecule has 0 bridgehead atoms. The topological polar surface area (TPSA) is 33.7 Å². The second-order valence-electron chi connectivity index (χ2n) is 4.72. The van der Waals surface area contributed by atoms with E-state index in [0.29, 0.717) is 12.0 Å². The molecule has 0 atom stereocenters. The normalized spacial score (nSPS) is 34.6. The molecule has 2 aliphatic heterocycles. The molecule has 2 fully saturated rings. The van der Waals surface area contributed by atoms with Crippen LogP contribution in [0, 0.1) is 5.92 Å². The van der Waals surface area contributed by atoms with Crippen molar-refractivity contribution in [2.75, 3.05) is 39.4 Å². The largest absolute Gasteiger partial charge is 0.351 e. The van der Waals surface area contributed by atoms with Crippen molar-refractivity contribution in [3.8, 4) is 0 Å². The van der Waals surface area contributed by atoms with Crippen LogP contribution in [0.4, 0.5) is 0 Å². The van der Waals surface area contributed by atoms with Crippen LogP contribution < -0.4 is 5.32 Å². The van der Waals surface area contributed by atoms with Crippen molar-refractivity contribution in [2.24, 2.45) is 5.92 Å². The monoisotopic (exact) mass is 214 g/mol. The number of nitrogens with zero attached hydrogens (tertiary/aromatic N) is 1. The Kier molecular flexibility index (Phi) is 3.97.